The number of hydrogen-bond donors (Lipinski definition) is 0. The van der Waals surface area contributed by atoms with Gasteiger partial charge in [0.25, 0.3) is 0 Å². The Labute approximate surface area is 141 Å². The summed E-state index contributed by atoms with van der Waals surface area (Å²) in [5, 5.41) is 1.84. The molecular formula is C13H14BrClN2O2S2. The first-order valence-corrected chi connectivity index (χ1v) is 9.75. The van der Waals surface area contributed by atoms with Crippen LogP contribution in [0.5, 0.6) is 0 Å². The van der Waals surface area contributed by atoms with E-state index in [2.05, 4.69) is 20.9 Å². The van der Waals surface area contributed by atoms with Crippen molar-refractivity contribution in [2.24, 2.45) is 0 Å². The highest BCUT2D eigenvalue weighted by atomic mass is 79.9. The summed E-state index contributed by atoms with van der Waals surface area (Å²) in [4.78, 5) is 4.39. The molecule has 0 fully saturated rings. The van der Waals surface area contributed by atoms with Gasteiger partial charge in [-0.1, -0.05) is 15.9 Å². The van der Waals surface area contributed by atoms with E-state index in [1.165, 1.54) is 15.6 Å². The predicted molar refractivity (Wildman–Crippen MR) is 89.2 cm³/mol. The lowest BCUT2D eigenvalue weighted by Gasteiger charge is -2.19. The summed E-state index contributed by atoms with van der Waals surface area (Å²) in [7, 11) is -2.04. The van der Waals surface area contributed by atoms with Gasteiger partial charge in [0.05, 0.1) is 22.6 Å². The molecule has 2 aromatic rings. The second-order valence-electron chi connectivity index (χ2n) is 4.58. The van der Waals surface area contributed by atoms with Crippen LogP contribution in [0, 0.1) is 6.92 Å². The minimum absolute atomic E-state index is 0.244. The summed E-state index contributed by atoms with van der Waals surface area (Å²) < 4.78 is 27.5. The van der Waals surface area contributed by atoms with E-state index < -0.39 is 10.0 Å². The number of halogens is 2. The van der Waals surface area contributed by atoms with Crippen molar-refractivity contribution in [2.75, 3.05) is 7.05 Å². The fraction of sp³-hybridized carbons (Fsp3) is 0.308. The number of nitrogens with zero attached hydrogens (tertiary/aromatic N) is 2. The Bertz CT molecular complexity index is 733. The third-order valence-corrected chi connectivity index (χ3v) is 6.76. The average molecular weight is 410 g/mol. The third-order valence-electron chi connectivity index (χ3n) is 3.07. The molecule has 0 saturated carbocycles. The van der Waals surface area contributed by atoms with Crippen LogP contribution in [-0.4, -0.2) is 24.8 Å². The van der Waals surface area contributed by atoms with Crippen LogP contribution in [0.3, 0.4) is 0 Å². The lowest BCUT2D eigenvalue weighted by Crippen LogP contribution is -2.27. The van der Waals surface area contributed by atoms with Crippen LogP contribution in [0.1, 0.15) is 16.8 Å². The van der Waals surface area contributed by atoms with Gasteiger partial charge in [-0.15, -0.1) is 22.9 Å². The van der Waals surface area contributed by atoms with Crippen molar-refractivity contribution in [2.45, 2.75) is 24.2 Å². The largest absolute Gasteiger partial charge is 0.248 e. The molecule has 0 aliphatic heterocycles. The highest BCUT2D eigenvalue weighted by Gasteiger charge is 2.25. The molecule has 0 aliphatic rings. The standard InChI is InChI=1S/C13H14BrClN2O2S2/c1-9-12(14)3-10(5-15)4-13(9)21(18,19)17(2)6-11-7-20-8-16-11/h3-4,7-8H,5-6H2,1-2H3. The van der Waals surface area contributed by atoms with Gasteiger partial charge in [-0.05, 0) is 30.2 Å². The molecule has 0 amide bonds. The molecule has 8 heteroatoms. The van der Waals surface area contributed by atoms with Gasteiger partial charge in [0.2, 0.25) is 10.0 Å². The first-order chi connectivity index (χ1) is 9.86. The summed E-state index contributed by atoms with van der Waals surface area (Å²) in [5.41, 5.74) is 3.85. The molecule has 0 radical (unpaired) electrons. The smallest absolute Gasteiger partial charge is 0.243 e. The molecule has 4 nitrogen and oxygen atoms in total. The monoisotopic (exact) mass is 408 g/mol. The fourth-order valence-corrected chi connectivity index (χ4v) is 4.63. The van der Waals surface area contributed by atoms with E-state index >= 15 is 0 Å². The summed E-state index contributed by atoms with van der Waals surface area (Å²) in [6.45, 7) is 2.01. The maximum Gasteiger partial charge on any atom is 0.243 e. The van der Waals surface area contributed by atoms with E-state index in [1.807, 2.05) is 11.4 Å². The molecule has 114 valence electrons. The third kappa shape index (κ3) is 3.65. The molecule has 1 aromatic carbocycles. The van der Waals surface area contributed by atoms with E-state index in [9.17, 15) is 8.42 Å². The molecule has 1 aromatic heterocycles. The van der Waals surface area contributed by atoms with Crippen LogP contribution in [0.2, 0.25) is 0 Å². The van der Waals surface area contributed by atoms with Crippen LogP contribution >= 0.6 is 38.9 Å². The second kappa shape index (κ2) is 6.75. The van der Waals surface area contributed by atoms with Crippen LogP contribution in [0.15, 0.2) is 32.4 Å². The minimum Gasteiger partial charge on any atom is -0.248 e. The fourth-order valence-electron chi connectivity index (χ4n) is 1.85. The molecule has 0 bridgehead atoms. The van der Waals surface area contributed by atoms with Crippen LogP contribution in [0.4, 0.5) is 0 Å². The Hall–Kier alpha value is -0.470. The molecule has 2 rings (SSSR count). The Morgan fingerprint density at radius 1 is 1.43 bits per heavy atom. The molecule has 1 heterocycles. The number of rotatable bonds is 5. The number of benzene rings is 1. The van der Waals surface area contributed by atoms with Crippen LogP contribution in [-0.2, 0) is 22.4 Å². The van der Waals surface area contributed by atoms with Crippen LogP contribution in [0.25, 0.3) is 0 Å². The van der Waals surface area contributed by atoms with Crippen LogP contribution < -0.4 is 0 Å². The summed E-state index contributed by atoms with van der Waals surface area (Å²) in [5.74, 6) is 0.261. The Balaban J connectivity index is 2.41. The summed E-state index contributed by atoms with van der Waals surface area (Å²) >= 11 is 10.7. The first kappa shape index (κ1) is 16.9. The van der Waals surface area contributed by atoms with Gasteiger partial charge >= 0.3 is 0 Å². The number of sulfonamides is 1. The first-order valence-electron chi connectivity index (χ1n) is 6.04. The molecule has 0 unspecified atom stereocenters. The highest BCUT2D eigenvalue weighted by Crippen LogP contribution is 2.28. The normalized spacial score (nSPS) is 12.0. The highest BCUT2D eigenvalue weighted by molar-refractivity contribution is 9.10. The summed E-state index contributed by atoms with van der Waals surface area (Å²) in [6.07, 6.45) is 0. The van der Waals surface area contributed by atoms with Crippen molar-refractivity contribution in [1.82, 2.24) is 9.29 Å². The van der Waals surface area contributed by atoms with Crippen molar-refractivity contribution in [3.63, 3.8) is 0 Å². The molecule has 0 atom stereocenters. The number of aromatic nitrogens is 1. The maximum atomic E-state index is 12.7. The van der Waals surface area contributed by atoms with Gasteiger partial charge in [-0.3, -0.25) is 0 Å². The van der Waals surface area contributed by atoms with Crippen molar-refractivity contribution >= 4 is 48.9 Å². The van der Waals surface area contributed by atoms with E-state index in [4.69, 9.17) is 11.6 Å². The van der Waals surface area contributed by atoms with Gasteiger partial charge in [-0.2, -0.15) is 4.31 Å². The minimum atomic E-state index is -3.59. The van der Waals surface area contributed by atoms with Gasteiger partial charge < -0.3 is 0 Å². The number of alkyl halides is 1. The van der Waals surface area contributed by atoms with Gasteiger partial charge in [0.1, 0.15) is 0 Å². The molecule has 0 aliphatic carbocycles. The van der Waals surface area contributed by atoms with Gasteiger partial charge in [0, 0.05) is 22.8 Å². The van der Waals surface area contributed by atoms with Crippen molar-refractivity contribution < 1.29 is 8.42 Å². The number of hydrogen-bond acceptors (Lipinski definition) is 4. The molecule has 0 spiro atoms. The Morgan fingerprint density at radius 2 is 2.14 bits per heavy atom. The van der Waals surface area contributed by atoms with Gasteiger partial charge in [-0.25, -0.2) is 13.4 Å². The lowest BCUT2D eigenvalue weighted by molar-refractivity contribution is 0.462. The van der Waals surface area contributed by atoms with Crippen molar-refractivity contribution in [3.05, 3.63) is 44.3 Å². The zero-order valence-corrected chi connectivity index (χ0v) is 15.5. The second-order valence-corrected chi connectivity index (χ2v) is 8.43. The predicted octanol–water partition coefficient (Wildman–Crippen LogP) is 3.77. The SMILES string of the molecule is Cc1c(Br)cc(CCl)cc1S(=O)(=O)N(C)Cc1cscn1. The zero-order chi connectivity index (χ0) is 15.6. The van der Waals surface area contributed by atoms with E-state index in [0.29, 0.717) is 5.56 Å². The molecule has 0 saturated heterocycles. The molecule has 21 heavy (non-hydrogen) atoms. The molecular weight excluding hydrogens is 396 g/mol. The average Bonchev–Trinajstić information content (AvgIpc) is 2.94. The molecule has 0 N–H and O–H groups in total. The van der Waals surface area contributed by atoms with Gasteiger partial charge in [0.15, 0.2) is 0 Å². The topological polar surface area (TPSA) is 50.3 Å². The van der Waals surface area contributed by atoms with E-state index in [-0.39, 0.29) is 17.3 Å². The number of thiazole rings is 1. The quantitative estimate of drug-likeness (QED) is 0.706. The summed E-state index contributed by atoms with van der Waals surface area (Å²) in [6, 6.07) is 3.46. The van der Waals surface area contributed by atoms with Crippen molar-refractivity contribution in [1.29, 1.82) is 0 Å². The zero-order valence-electron chi connectivity index (χ0n) is 11.5. The Kier molecular flexibility index (Phi) is 5.43. The van der Waals surface area contributed by atoms with Crippen molar-refractivity contribution in [3.8, 4) is 0 Å². The maximum absolute atomic E-state index is 12.7. The van der Waals surface area contributed by atoms with E-state index in [0.717, 1.165) is 15.7 Å². The lowest BCUT2D eigenvalue weighted by atomic mass is 10.2. The Morgan fingerprint density at radius 3 is 2.71 bits per heavy atom. The van der Waals surface area contributed by atoms with E-state index in [1.54, 1.807) is 25.5 Å².